The van der Waals surface area contributed by atoms with E-state index in [0.717, 1.165) is 18.4 Å². The molecule has 0 saturated heterocycles. The first kappa shape index (κ1) is 14.2. The lowest BCUT2D eigenvalue weighted by atomic mass is 9.79. The highest BCUT2D eigenvalue weighted by Crippen LogP contribution is 2.31. The van der Waals surface area contributed by atoms with Gasteiger partial charge in [0.2, 0.25) is 5.91 Å². The second kappa shape index (κ2) is 6.20. The van der Waals surface area contributed by atoms with Crippen LogP contribution in [0, 0.1) is 0 Å². The van der Waals surface area contributed by atoms with Crippen molar-refractivity contribution < 1.29 is 4.79 Å². The van der Waals surface area contributed by atoms with E-state index in [2.05, 4.69) is 11.9 Å². The molecular formula is C14H26N2O. The van der Waals surface area contributed by atoms with Crippen LogP contribution in [-0.4, -0.2) is 37.0 Å². The lowest BCUT2D eigenvalue weighted by Gasteiger charge is -2.37. The van der Waals surface area contributed by atoms with Crippen LogP contribution in [-0.2, 0) is 4.79 Å². The molecule has 1 aliphatic rings. The van der Waals surface area contributed by atoms with Gasteiger partial charge >= 0.3 is 0 Å². The summed E-state index contributed by atoms with van der Waals surface area (Å²) >= 11 is 0. The van der Waals surface area contributed by atoms with Crippen molar-refractivity contribution in [3.8, 4) is 0 Å². The summed E-state index contributed by atoms with van der Waals surface area (Å²) in [6.45, 7) is 6.47. The highest BCUT2D eigenvalue weighted by atomic mass is 16.2. The van der Waals surface area contributed by atoms with Crippen molar-refractivity contribution in [1.82, 2.24) is 10.2 Å². The second-order valence-corrected chi connectivity index (χ2v) is 5.47. The topological polar surface area (TPSA) is 32.3 Å². The predicted molar refractivity (Wildman–Crippen MR) is 71.9 cm³/mol. The minimum Gasteiger partial charge on any atom is -0.342 e. The fraction of sp³-hybridized carbons (Fsp3) is 0.786. The quantitative estimate of drug-likeness (QED) is 0.746. The highest BCUT2D eigenvalue weighted by molar-refractivity contribution is 5.77. The van der Waals surface area contributed by atoms with Gasteiger partial charge in [-0.25, -0.2) is 0 Å². The van der Waals surface area contributed by atoms with Crippen LogP contribution in [0.3, 0.4) is 0 Å². The van der Waals surface area contributed by atoms with Gasteiger partial charge in [0.15, 0.2) is 0 Å². The first-order valence-electron chi connectivity index (χ1n) is 6.56. The Morgan fingerprint density at radius 3 is 2.41 bits per heavy atom. The lowest BCUT2D eigenvalue weighted by molar-refractivity contribution is -0.131. The van der Waals surface area contributed by atoms with Crippen molar-refractivity contribution in [1.29, 1.82) is 0 Å². The van der Waals surface area contributed by atoms with Crippen molar-refractivity contribution in [3.63, 3.8) is 0 Å². The molecule has 0 spiro atoms. The van der Waals surface area contributed by atoms with Crippen molar-refractivity contribution >= 4 is 5.91 Å². The first-order valence-corrected chi connectivity index (χ1v) is 6.56. The molecule has 0 atom stereocenters. The molecule has 1 saturated carbocycles. The zero-order valence-corrected chi connectivity index (χ0v) is 11.5. The molecule has 1 fully saturated rings. The van der Waals surface area contributed by atoms with Gasteiger partial charge in [0.25, 0.3) is 0 Å². The SMILES string of the molecule is C=C(C)CN(C)C(=O)CC1(NC)CCCCC1. The van der Waals surface area contributed by atoms with Crippen LogP contribution in [0.4, 0.5) is 0 Å². The van der Waals surface area contributed by atoms with E-state index in [4.69, 9.17) is 0 Å². The van der Waals surface area contributed by atoms with Gasteiger partial charge in [-0.3, -0.25) is 4.79 Å². The largest absolute Gasteiger partial charge is 0.342 e. The van der Waals surface area contributed by atoms with Crippen molar-refractivity contribution in [3.05, 3.63) is 12.2 Å². The molecule has 0 unspecified atom stereocenters. The number of nitrogens with one attached hydrogen (secondary N) is 1. The van der Waals surface area contributed by atoms with Gasteiger partial charge in [-0.15, -0.1) is 0 Å². The molecule has 0 aliphatic heterocycles. The summed E-state index contributed by atoms with van der Waals surface area (Å²) in [5.41, 5.74) is 1.07. The monoisotopic (exact) mass is 238 g/mol. The smallest absolute Gasteiger partial charge is 0.224 e. The number of nitrogens with zero attached hydrogens (tertiary/aromatic N) is 1. The molecule has 3 heteroatoms. The van der Waals surface area contributed by atoms with Gasteiger partial charge in [0.1, 0.15) is 0 Å². The van der Waals surface area contributed by atoms with Crippen LogP contribution in [0.5, 0.6) is 0 Å². The van der Waals surface area contributed by atoms with Crippen molar-refractivity contribution in [2.75, 3.05) is 20.6 Å². The number of amides is 1. The number of rotatable bonds is 5. The van der Waals surface area contributed by atoms with Crippen LogP contribution >= 0.6 is 0 Å². The van der Waals surface area contributed by atoms with E-state index in [9.17, 15) is 4.79 Å². The third-order valence-electron chi connectivity index (χ3n) is 3.76. The summed E-state index contributed by atoms with van der Waals surface area (Å²) in [5, 5.41) is 3.39. The first-order chi connectivity index (χ1) is 7.99. The molecule has 0 aromatic heterocycles. The maximum atomic E-state index is 12.2. The Labute approximate surface area is 105 Å². The van der Waals surface area contributed by atoms with Gasteiger partial charge in [0, 0.05) is 25.6 Å². The fourth-order valence-corrected chi connectivity index (χ4v) is 2.66. The average Bonchev–Trinajstić information content (AvgIpc) is 2.29. The number of hydrogen-bond acceptors (Lipinski definition) is 2. The summed E-state index contributed by atoms with van der Waals surface area (Å²) in [6.07, 6.45) is 6.63. The Morgan fingerprint density at radius 1 is 1.35 bits per heavy atom. The second-order valence-electron chi connectivity index (χ2n) is 5.47. The number of likely N-dealkylation sites (N-methyl/N-ethyl adjacent to an activating group) is 1. The molecule has 0 aromatic carbocycles. The minimum atomic E-state index is 0.0403. The predicted octanol–water partition coefficient (Wildman–Crippen LogP) is 2.33. The Kier molecular flexibility index (Phi) is 5.19. The third-order valence-corrected chi connectivity index (χ3v) is 3.76. The Hall–Kier alpha value is -0.830. The standard InChI is InChI=1S/C14H26N2O/c1-12(2)11-16(4)13(17)10-14(15-3)8-6-5-7-9-14/h15H,1,5-11H2,2-4H3. The molecule has 0 heterocycles. The normalized spacial score (nSPS) is 18.8. The summed E-state index contributed by atoms with van der Waals surface area (Å²) in [4.78, 5) is 13.9. The number of hydrogen-bond donors (Lipinski definition) is 1. The van der Waals surface area contributed by atoms with Gasteiger partial charge in [-0.05, 0) is 26.8 Å². The maximum Gasteiger partial charge on any atom is 0.224 e. The molecule has 0 bridgehead atoms. The molecule has 1 aliphatic carbocycles. The molecule has 1 N–H and O–H groups in total. The summed E-state index contributed by atoms with van der Waals surface area (Å²) in [5.74, 6) is 0.226. The van der Waals surface area contributed by atoms with E-state index in [1.54, 1.807) is 4.90 Å². The summed E-state index contributed by atoms with van der Waals surface area (Å²) < 4.78 is 0. The van der Waals surface area contributed by atoms with Gasteiger partial charge in [0.05, 0.1) is 0 Å². The van der Waals surface area contributed by atoms with Crippen LogP contribution in [0.25, 0.3) is 0 Å². The molecule has 1 rings (SSSR count). The molecule has 98 valence electrons. The van der Waals surface area contributed by atoms with E-state index in [1.807, 2.05) is 21.0 Å². The highest BCUT2D eigenvalue weighted by Gasteiger charge is 2.33. The molecule has 3 nitrogen and oxygen atoms in total. The fourth-order valence-electron chi connectivity index (χ4n) is 2.66. The van der Waals surface area contributed by atoms with Gasteiger partial charge in [-0.1, -0.05) is 31.4 Å². The van der Waals surface area contributed by atoms with E-state index >= 15 is 0 Å². The Bertz CT molecular complexity index is 280. The Morgan fingerprint density at radius 2 is 1.94 bits per heavy atom. The van der Waals surface area contributed by atoms with E-state index in [0.29, 0.717) is 13.0 Å². The van der Waals surface area contributed by atoms with Crippen LogP contribution in [0.2, 0.25) is 0 Å². The zero-order chi connectivity index (χ0) is 12.9. The van der Waals surface area contributed by atoms with Crippen molar-refractivity contribution in [2.24, 2.45) is 0 Å². The Balaban J connectivity index is 2.55. The molecule has 17 heavy (non-hydrogen) atoms. The zero-order valence-electron chi connectivity index (χ0n) is 11.5. The van der Waals surface area contributed by atoms with Crippen LogP contribution in [0.1, 0.15) is 45.4 Å². The molecular weight excluding hydrogens is 212 g/mol. The van der Waals surface area contributed by atoms with Crippen LogP contribution in [0.15, 0.2) is 12.2 Å². The van der Waals surface area contributed by atoms with Crippen LogP contribution < -0.4 is 5.32 Å². The molecule has 0 aromatic rings. The van der Waals surface area contributed by atoms with Gasteiger partial charge < -0.3 is 10.2 Å². The average molecular weight is 238 g/mol. The van der Waals surface area contributed by atoms with Crippen molar-refractivity contribution in [2.45, 2.75) is 51.0 Å². The molecule has 0 radical (unpaired) electrons. The number of carbonyl (C=O) groups excluding carboxylic acids is 1. The van der Waals surface area contributed by atoms with E-state index in [-0.39, 0.29) is 11.4 Å². The van der Waals surface area contributed by atoms with Gasteiger partial charge in [-0.2, -0.15) is 0 Å². The van der Waals surface area contributed by atoms with E-state index < -0.39 is 0 Å². The maximum absolute atomic E-state index is 12.2. The van der Waals surface area contributed by atoms with E-state index in [1.165, 1.54) is 19.3 Å². The third kappa shape index (κ3) is 4.15. The summed E-state index contributed by atoms with van der Waals surface area (Å²) in [7, 11) is 3.85. The molecule has 1 amide bonds. The summed E-state index contributed by atoms with van der Waals surface area (Å²) in [6, 6.07) is 0. The minimum absolute atomic E-state index is 0.0403. The lowest BCUT2D eigenvalue weighted by Crippen LogP contribution is -2.48. The number of carbonyl (C=O) groups is 1.